The number of ether oxygens (including phenoxy) is 2. The number of aromatic nitrogens is 1. The van der Waals surface area contributed by atoms with Crippen LogP contribution in [0.1, 0.15) is 25.8 Å². The molecule has 0 aliphatic rings. The van der Waals surface area contributed by atoms with Gasteiger partial charge < -0.3 is 9.47 Å². The van der Waals surface area contributed by atoms with Crippen molar-refractivity contribution in [1.29, 1.82) is 0 Å². The molecule has 0 saturated carbocycles. The number of nitrogens with zero attached hydrogens (tertiary/aromatic N) is 2. The van der Waals surface area contributed by atoms with E-state index < -0.39 is 0 Å². The predicted molar refractivity (Wildman–Crippen MR) is 125 cm³/mol. The average Bonchev–Trinajstić information content (AvgIpc) is 3.17. The standard InChI is InChI=1S/C21H22IN3O2S/c1-3-10-27-20-17(22)11-15(12-19(20)26-4-2)13-23-25-21-24-18(14-28-21)16-8-6-5-7-9-16/h5-9,11-14H,3-4,10H2,1-2H3,(H,24,25). The lowest BCUT2D eigenvalue weighted by atomic mass is 10.2. The normalized spacial score (nSPS) is 11.0. The molecule has 0 aliphatic heterocycles. The number of hydrazone groups is 1. The third kappa shape index (κ3) is 5.45. The fourth-order valence-corrected chi connectivity index (χ4v) is 3.95. The van der Waals surface area contributed by atoms with E-state index in [1.54, 1.807) is 6.21 Å². The first kappa shape index (κ1) is 20.6. The summed E-state index contributed by atoms with van der Waals surface area (Å²) >= 11 is 3.79. The van der Waals surface area contributed by atoms with Crippen molar-refractivity contribution in [3.05, 3.63) is 57.0 Å². The van der Waals surface area contributed by atoms with Crippen molar-refractivity contribution < 1.29 is 9.47 Å². The summed E-state index contributed by atoms with van der Waals surface area (Å²) in [6, 6.07) is 14.1. The molecular formula is C21H22IN3O2S. The van der Waals surface area contributed by atoms with Crippen LogP contribution in [-0.2, 0) is 0 Å². The zero-order valence-electron chi connectivity index (χ0n) is 15.8. The quantitative estimate of drug-likeness (QED) is 0.218. The molecule has 146 valence electrons. The highest BCUT2D eigenvalue weighted by Crippen LogP contribution is 2.34. The number of halogens is 1. The summed E-state index contributed by atoms with van der Waals surface area (Å²) in [5, 5.41) is 7.09. The van der Waals surface area contributed by atoms with E-state index in [0.29, 0.717) is 13.2 Å². The van der Waals surface area contributed by atoms with Gasteiger partial charge >= 0.3 is 0 Å². The fraction of sp³-hybridized carbons (Fsp3) is 0.238. The largest absolute Gasteiger partial charge is 0.490 e. The zero-order chi connectivity index (χ0) is 19.8. The maximum absolute atomic E-state index is 5.84. The summed E-state index contributed by atoms with van der Waals surface area (Å²) in [6.45, 7) is 5.30. The maximum atomic E-state index is 5.84. The Kier molecular flexibility index (Phi) is 7.67. The summed E-state index contributed by atoms with van der Waals surface area (Å²) in [7, 11) is 0. The molecule has 0 amide bonds. The fourth-order valence-electron chi connectivity index (χ4n) is 2.50. The van der Waals surface area contributed by atoms with Crippen molar-refractivity contribution >= 4 is 45.3 Å². The van der Waals surface area contributed by atoms with E-state index in [9.17, 15) is 0 Å². The molecule has 0 fully saturated rings. The molecule has 3 aromatic rings. The molecule has 0 bridgehead atoms. The number of anilines is 1. The second kappa shape index (κ2) is 10.4. The SMILES string of the molecule is CCCOc1c(I)cc(C=NNc2nc(-c3ccccc3)cs2)cc1OCC. The molecule has 0 atom stereocenters. The second-order valence-electron chi connectivity index (χ2n) is 5.89. The Morgan fingerprint density at radius 2 is 2.00 bits per heavy atom. The Morgan fingerprint density at radius 3 is 2.75 bits per heavy atom. The molecule has 0 unspecified atom stereocenters. The van der Waals surface area contributed by atoms with Crippen molar-refractivity contribution in [2.45, 2.75) is 20.3 Å². The van der Waals surface area contributed by atoms with Crippen molar-refractivity contribution in [1.82, 2.24) is 4.98 Å². The van der Waals surface area contributed by atoms with Gasteiger partial charge in [0.05, 0.1) is 28.7 Å². The lowest BCUT2D eigenvalue weighted by molar-refractivity contribution is 0.275. The summed E-state index contributed by atoms with van der Waals surface area (Å²) in [5.74, 6) is 1.53. The van der Waals surface area contributed by atoms with Crippen LogP contribution in [0.4, 0.5) is 5.13 Å². The van der Waals surface area contributed by atoms with Gasteiger partial charge in [-0.25, -0.2) is 4.98 Å². The lowest BCUT2D eigenvalue weighted by Gasteiger charge is -2.14. The Bertz CT molecular complexity index is 929. The summed E-state index contributed by atoms with van der Waals surface area (Å²) in [6.07, 6.45) is 2.71. The van der Waals surface area contributed by atoms with Gasteiger partial charge in [0.25, 0.3) is 0 Å². The van der Waals surface area contributed by atoms with Crippen LogP contribution in [0, 0.1) is 3.57 Å². The van der Waals surface area contributed by atoms with Gasteiger partial charge in [-0.15, -0.1) is 11.3 Å². The third-order valence-corrected chi connectivity index (χ3v) is 5.28. The summed E-state index contributed by atoms with van der Waals surface area (Å²) in [4.78, 5) is 4.57. The Labute approximate surface area is 182 Å². The van der Waals surface area contributed by atoms with E-state index in [2.05, 4.69) is 45.0 Å². The summed E-state index contributed by atoms with van der Waals surface area (Å²) in [5.41, 5.74) is 5.97. The van der Waals surface area contributed by atoms with Crippen LogP contribution in [0.5, 0.6) is 11.5 Å². The van der Waals surface area contributed by atoms with Crippen molar-refractivity contribution in [2.24, 2.45) is 5.10 Å². The first-order valence-electron chi connectivity index (χ1n) is 9.10. The van der Waals surface area contributed by atoms with Crippen LogP contribution in [-0.4, -0.2) is 24.4 Å². The first-order chi connectivity index (χ1) is 13.7. The molecule has 5 nitrogen and oxygen atoms in total. The number of hydrogen-bond acceptors (Lipinski definition) is 6. The van der Waals surface area contributed by atoms with Gasteiger partial charge in [-0.05, 0) is 53.6 Å². The topological polar surface area (TPSA) is 55.7 Å². The molecule has 1 heterocycles. The minimum Gasteiger partial charge on any atom is -0.490 e. The molecule has 0 spiro atoms. The van der Waals surface area contributed by atoms with E-state index in [1.807, 2.05) is 54.8 Å². The van der Waals surface area contributed by atoms with E-state index in [-0.39, 0.29) is 0 Å². The van der Waals surface area contributed by atoms with E-state index in [4.69, 9.17) is 9.47 Å². The van der Waals surface area contributed by atoms with Crippen LogP contribution >= 0.6 is 33.9 Å². The van der Waals surface area contributed by atoms with Gasteiger partial charge in [0.2, 0.25) is 5.13 Å². The Morgan fingerprint density at radius 1 is 1.18 bits per heavy atom. The highest BCUT2D eigenvalue weighted by molar-refractivity contribution is 14.1. The van der Waals surface area contributed by atoms with Crippen molar-refractivity contribution in [2.75, 3.05) is 18.6 Å². The van der Waals surface area contributed by atoms with E-state index >= 15 is 0 Å². The Hall–Kier alpha value is -2.13. The molecule has 28 heavy (non-hydrogen) atoms. The number of benzene rings is 2. The predicted octanol–water partition coefficient (Wildman–Crippen LogP) is 6.05. The molecule has 0 radical (unpaired) electrons. The van der Waals surface area contributed by atoms with Gasteiger partial charge in [-0.1, -0.05) is 37.3 Å². The summed E-state index contributed by atoms with van der Waals surface area (Å²) < 4.78 is 12.6. The Balaban J connectivity index is 1.71. The third-order valence-electron chi connectivity index (χ3n) is 3.73. The van der Waals surface area contributed by atoms with Crippen molar-refractivity contribution in [3.8, 4) is 22.8 Å². The highest BCUT2D eigenvalue weighted by Gasteiger charge is 2.11. The molecule has 0 saturated heterocycles. The molecule has 2 aromatic carbocycles. The van der Waals surface area contributed by atoms with Crippen LogP contribution in [0.2, 0.25) is 0 Å². The van der Waals surface area contributed by atoms with Crippen LogP contribution in [0.25, 0.3) is 11.3 Å². The minimum atomic E-state index is 0.582. The van der Waals surface area contributed by atoms with Crippen LogP contribution < -0.4 is 14.9 Å². The molecule has 1 aromatic heterocycles. The smallest absolute Gasteiger partial charge is 0.203 e. The van der Waals surface area contributed by atoms with Gasteiger partial charge in [0.15, 0.2) is 11.5 Å². The van der Waals surface area contributed by atoms with Gasteiger partial charge in [0, 0.05) is 10.9 Å². The molecular weight excluding hydrogens is 485 g/mol. The molecule has 7 heteroatoms. The first-order valence-corrected chi connectivity index (χ1v) is 11.1. The molecule has 1 N–H and O–H groups in total. The van der Waals surface area contributed by atoms with Gasteiger partial charge in [0.1, 0.15) is 0 Å². The average molecular weight is 507 g/mol. The van der Waals surface area contributed by atoms with Crippen molar-refractivity contribution in [3.63, 3.8) is 0 Å². The molecule has 0 aliphatic carbocycles. The van der Waals surface area contributed by atoms with E-state index in [1.165, 1.54) is 11.3 Å². The number of hydrogen-bond donors (Lipinski definition) is 1. The van der Waals surface area contributed by atoms with Gasteiger partial charge in [-0.3, -0.25) is 5.43 Å². The number of rotatable bonds is 9. The van der Waals surface area contributed by atoms with Crippen LogP contribution in [0.15, 0.2) is 52.9 Å². The highest BCUT2D eigenvalue weighted by atomic mass is 127. The zero-order valence-corrected chi connectivity index (χ0v) is 18.8. The van der Waals surface area contributed by atoms with E-state index in [0.717, 1.165) is 43.4 Å². The minimum absolute atomic E-state index is 0.582. The maximum Gasteiger partial charge on any atom is 0.203 e. The van der Waals surface area contributed by atoms with Gasteiger partial charge in [-0.2, -0.15) is 5.10 Å². The van der Waals surface area contributed by atoms with Crippen LogP contribution in [0.3, 0.4) is 0 Å². The molecule has 3 rings (SSSR count). The number of nitrogens with one attached hydrogen (secondary N) is 1. The second-order valence-corrected chi connectivity index (χ2v) is 7.91. The lowest BCUT2D eigenvalue weighted by Crippen LogP contribution is -2.03. The number of thiazole rings is 1. The monoisotopic (exact) mass is 507 g/mol.